The van der Waals surface area contributed by atoms with E-state index in [9.17, 15) is 0 Å². The van der Waals surface area contributed by atoms with E-state index in [0.717, 1.165) is 29.8 Å². The molecular weight excluding hydrogens is 202 g/mol. The number of nitrogens with zero attached hydrogens (tertiary/aromatic N) is 1. The van der Waals surface area contributed by atoms with Crippen LogP contribution in [0.2, 0.25) is 0 Å². The predicted octanol–water partition coefficient (Wildman–Crippen LogP) is 2.29. The first kappa shape index (κ1) is 11.0. The Morgan fingerprint density at radius 3 is 3.06 bits per heavy atom. The molecule has 0 spiro atoms. The summed E-state index contributed by atoms with van der Waals surface area (Å²) in [6.45, 7) is 4.73. The lowest BCUT2D eigenvalue weighted by atomic mass is 10.2. The maximum Gasteiger partial charge on any atom is 0.192 e. The predicted molar refractivity (Wildman–Crippen MR) is 65.5 cm³/mol. The van der Waals surface area contributed by atoms with E-state index in [1.807, 2.05) is 32.0 Å². The van der Waals surface area contributed by atoms with Crippen LogP contribution in [0, 0.1) is 6.92 Å². The zero-order valence-corrected chi connectivity index (χ0v) is 9.66. The molecular formula is C12H17N3O. The summed E-state index contributed by atoms with van der Waals surface area (Å²) >= 11 is 0. The summed E-state index contributed by atoms with van der Waals surface area (Å²) in [7, 11) is 0. The Bertz CT molecular complexity index is 476. The number of fused-ring (bicyclic) bond motifs is 1. The third kappa shape index (κ3) is 2.52. The highest BCUT2D eigenvalue weighted by Gasteiger charge is 2.02. The zero-order chi connectivity index (χ0) is 11.5. The van der Waals surface area contributed by atoms with E-state index in [1.165, 1.54) is 0 Å². The molecule has 4 nitrogen and oxygen atoms in total. The van der Waals surface area contributed by atoms with Gasteiger partial charge in [0, 0.05) is 25.2 Å². The largest absolute Gasteiger partial charge is 0.441 e. The Morgan fingerprint density at radius 1 is 1.50 bits per heavy atom. The fourth-order valence-electron chi connectivity index (χ4n) is 1.60. The second kappa shape index (κ2) is 4.53. The van der Waals surface area contributed by atoms with Crippen LogP contribution in [0.15, 0.2) is 22.6 Å². The Morgan fingerprint density at radius 2 is 2.31 bits per heavy atom. The van der Waals surface area contributed by atoms with Gasteiger partial charge in [-0.3, -0.25) is 0 Å². The van der Waals surface area contributed by atoms with Crippen molar-refractivity contribution < 1.29 is 4.42 Å². The van der Waals surface area contributed by atoms with Crippen LogP contribution in [0.25, 0.3) is 11.1 Å². The number of oxazole rings is 1. The van der Waals surface area contributed by atoms with Crippen LogP contribution < -0.4 is 11.1 Å². The Labute approximate surface area is 94.8 Å². The van der Waals surface area contributed by atoms with Crippen molar-refractivity contribution in [2.75, 3.05) is 11.9 Å². The number of hydrogen-bond donors (Lipinski definition) is 2. The normalized spacial score (nSPS) is 12.9. The highest BCUT2D eigenvalue weighted by molar-refractivity contribution is 5.77. The van der Waals surface area contributed by atoms with Crippen molar-refractivity contribution in [1.29, 1.82) is 0 Å². The molecule has 0 fully saturated rings. The lowest BCUT2D eigenvalue weighted by Gasteiger charge is -2.07. The van der Waals surface area contributed by atoms with Crippen LogP contribution in [-0.2, 0) is 0 Å². The van der Waals surface area contributed by atoms with Gasteiger partial charge in [0.2, 0.25) is 0 Å². The highest BCUT2D eigenvalue weighted by atomic mass is 16.3. The molecule has 86 valence electrons. The minimum Gasteiger partial charge on any atom is -0.441 e. The number of rotatable bonds is 4. The molecule has 0 aliphatic rings. The van der Waals surface area contributed by atoms with Gasteiger partial charge in [-0.25, -0.2) is 4.98 Å². The Kier molecular flexibility index (Phi) is 3.10. The van der Waals surface area contributed by atoms with Crippen LogP contribution in [-0.4, -0.2) is 17.6 Å². The molecule has 4 heteroatoms. The molecule has 16 heavy (non-hydrogen) atoms. The SMILES string of the molecule is Cc1nc2cc(NCCC(C)N)ccc2o1. The van der Waals surface area contributed by atoms with Crippen molar-refractivity contribution in [1.82, 2.24) is 4.98 Å². The van der Waals surface area contributed by atoms with E-state index < -0.39 is 0 Å². The average molecular weight is 219 g/mol. The maximum atomic E-state index is 5.68. The summed E-state index contributed by atoms with van der Waals surface area (Å²) in [4.78, 5) is 4.29. The summed E-state index contributed by atoms with van der Waals surface area (Å²) in [5, 5.41) is 3.32. The lowest BCUT2D eigenvalue weighted by Crippen LogP contribution is -2.19. The monoisotopic (exact) mass is 219 g/mol. The topological polar surface area (TPSA) is 64.1 Å². The summed E-state index contributed by atoms with van der Waals surface area (Å²) in [6.07, 6.45) is 0.954. The lowest BCUT2D eigenvalue weighted by molar-refractivity contribution is 0.561. The minimum absolute atomic E-state index is 0.227. The first-order valence-electron chi connectivity index (χ1n) is 5.52. The Hall–Kier alpha value is -1.55. The van der Waals surface area contributed by atoms with Gasteiger partial charge in [-0.1, -0.05) is 0 Å². The molecule has 0 amide bonds. The van der Waals surface area contributed by atoms with E-state index in [4.69, 9.17) is 10.2 Å². The van der Waals surface area contributed by atoms with Crippen molar-refractivity contribution in [3.63, 3.8) is 0 Å². The number of hydrogen-bond acceptors (Lipinski definition) is 4. The molecule has 3 N–H and O–H groups in total. The number of benzene rings is 1. The standard InChI is InChI=1S/C12H17N3O/c1-8(13)5-6-14-10-3-4-12-11(7-10)15-9(2)16-12/h3-4,7-8,14H,5-6,13H2,1-2H3. The van der Waals surface area contributed by atoms with E-state index in [1.54, 1.807) is 0 Å². The van der Waals surface area contributed by atoms with Gasteiger partial charge in [0.25, 0.3) is 0 Å². The third-order valence-corrected chi connectivity index (χ3v) is 2.42. The molecule has 0 aliphatic heterocycles. The van der Waals surface area contributed by atoms with Crippen LogP contribution in [0.1, 0.15) is 19.2 Å². The molecule has 0 radical (unpaired) electrons. The number of anilines is 1. The van der Waals surface area contributed by atoms with Gasteiger partial charge < -0.3 is 15.5 Å². The van der Waals surface area contributed by atoms with Crippen molar-refractivity contribution in [2.45, 2.75) is 26.3 Å². The number of nitrogens with one attached hydrogen (secondary N) is 1. The van der Waals surface area contributed by atoms with Crippen LogP contribution in [0.3, 0.4) is 0 Å². The summed E-state index contributed by atoms with van der Waals surface area (Å²) in [5.41, 5.74) is 8.46. The fraction of sp³-hybridized carbons (Fsp3) is 0.417. The summed E-state index contributed by atoms with van der Waals surface area (Å²) in [6, 6.07) is 6.15. The fourth-order valence-corrected chi connectivity index (χ4v) is 1.60. The zero-order valence-electron chi connectivity index (χ0n) is 9.66. The van der Waals surface area contributed by atoms with Crippen molar-refractivity contribution in [3.05, 3.63) is 24.1 Å². The molecule has 0 bridgehead atoms. The molecule has 0 aliphatic carbocycles. The molecule has 1 heterocycles. The molecule has 1 aromatic heterocycles. The van der Waals surface area contributed by atoms with Gasteiger partial charge in [0.15, 0.2) is 11.5 Å². The van der Waals surface area contributed by atoms with Crippen LogP contribution in [0.5, 0.6) is 0 Å². The molecule has 2 rings (SSSR count). The van der Waals surface area contributed by atoms with E-state index in [0.29, 0.717) is 5.89 Å². The molecule has 0 saturated heterocycles. The van der Waals surface area contributed by atoms with Gasteiger partial charge >= 0.3 is 0 Å². The smallest absolute Gasteiger partial charge is 0.192 e. The van der Waals surface area contributed by atoms with E-state index in [-0.39, 0.29) is 6.04 Å². The number of aryl methyl sites for hydroxylation is 1. The van der Waals surface area contributed by atoms with E-state index >= 15 is 0 Å². The minimum atomic E-state index is 0.227. The van der Waals surface area contributed by atoms with Crippen molar-refractivity contribution >= 4 is 16.8 Å². The molecule has 0 saturated carbocycles. The second-order valence-electron chi connectivity index (χ2n) is 4.11. The molecule has 1 aromatic carbocycles. The average Bonchev–Trinajstić information content (AvgIpc) is 2.56. The van der Waals surface area contributed by atoms with E-state index in [2.05, 4.69) is 10.3 Å². The van der Waals surface area contributed by atoms with Gasteiger partial charge in [-0.05, 0) is 31.5 Å². The highest BCUT2D eigenvalue weighted by Crippen LogP contribution is 2.19. The van der Waals surface area contributed by atoms with Gasteiger partial charge in [-0.2, -0.15) is 0 Å². The molecule has 2 aromatic rings. The van der Waals surface area contributed by atoms with Gasteiger partial charge in [0.1, 0.15) is 5.52 Å². The number of aromatic nitrogens is 1. The first-order valence-corrected chi connectivity index (χ1v) is 5.52. The quantitative estimate of drug-likeness (QED) is 0.828. The van der Waals surface area contributed by atoms with Gasteiger partial charge in [-0.15, -0.1) is 0 Å². The maximum absolute atomic E-state index is 5.68. The summed E-state index contributed by atoms with van der Waals surface area (Å²) < 4.78 is 5.41. The van der Waals surface area contributed by atoms with Crippen LogP contribution in [0.4, 0.5) is 5.69 Å². The summed E-state index contributed by atoms with van der Waals surface area (Å²) in [5.74, 6) is 0.697. The van der Waals surface area contributed by atoms with Crippen molar-refractivity contribution in [2.24, 2.45) is 5.73 Å². The second-order valence-corrected chi connectivity index (χ2v) is 4.11. The number of nitrogens with two attached hydrogens (primary N) is 1. The van der Waals surface area contributed by atoms with Crippen molar-refractivity contribution in [3.8, 4) is 0 Å². The third-order valence-electron chi connectivity index (χ3n) is 2.42. The first-order chi connectivity index (χ1) is 7.65. The molecule has 1 atom stereocenters. The van der Waals surface area contributed by atoms with Crippen LogP contribution >= 0.6 is 0 Å². The van der Waals surface area contributed by atoms with Gasteiger partial charge in [0.05, 0.1) is 0 Å². The molecule has 1 unspecified atom stereocenters. The Balaban J connectivity index is 2.07.